The number of rotatable bonds is 4. The Labute approximate surface area is 102 Å². The van der Waals surface area contributed by atoms with E-state index in [1.807, 2.05) is 0 Å². The molecule has 1 fully saturated rings. The van der Waals surface area contributed by atoms with Gasteiger partial charge in [-0.05, 0) is 18.8 Å². The predicted octanol–water partition coefficient (Wildman–Crippen LogP) is 1.67. The number of ether oxygens (including phenoxy) is 1. The average Bonchev–Trinajstić information content (AvgIpc) is 2.73. The molecule has 96 valence electrons. The second kappa shape index (κ2) is 5.60. The van der Waals surface area contributed by atoms with Crippen LogP contribution in [-0.4, -0.2) is 28.9 Å². The first kappa shape index (κ1) is 12.5. The predicted molar refractivity (Wildman–Crippen MR) is 63.5 cm³/mol. The fourth-order valence-corrected chi connectivity index (χ4v) is 2.13. The zero-order valence-electron chi connectivity index (χ0n) is 10.8. The van der Waals surface area contributed by atoms with Gasteiger partial charge in [-0.25, -0.2) is 0 Å². The fourth-order valence-electron chi connectivity index (χ4n) is 2.13. The highest BCUT2D eigenvalue weighted by atomic mass is 16.5. The SMILES string of the molecule is Cc1nc(CNC2CCOC(C(C)C)C2)no1. The first-order valence-corrected chi connectivity index (χ1v) is 6.29. The Kier molecular flexibility index (Phi) is 4.12. The van der Waals surface area contributed by atoms with Crippen molar-refractivity contribution in [3.05, 3.63) is 11.7 Å². The van der Waals surface area contributed by atoms with Crippen LogP contribution in [0.4, 0.5) is 0 Å². The van der Waals surface area contributed by atoms with E-state index in [9.17, 15) is 0 Å². The van der Waals surface area contributed by atoms with Crippen LogP contribution in [0.3, 0.4) is 0 Å². The van der Waals surface area contributed by atoms with E-state index in [1.54, 1.807) is 6.92 Å². The molecule has 0 spiro atoms. The van der Waals surface area contributed by atoms with Gasteiger partial charge in [-0.3, -0.25) is 0 Å². The highest BCUT2D eigenvalue weighted by molar-refractivity contribution is 4.86. The molecule has 2 rings (SSSR count). The van der Waals surface area contributed by atoms with Crippen LogP contribution in [0.2, 0.25) is 0 Å². The van der Waals surface area contributed by atoms with E-state index in [1.165, 1.54) is 0 Å². The molecule has 1 saturated heterocycles. The average molecular weight is 239 g/mol. The van der Waals surface area contributed by atoms with Crippen molar-refractivity contribution in [1.82, 2.24) is 15.5 Å². The van der Waals surface area contributed by atoms with Gasteiger partial charge in [0.25, 0.3) is 0 Å². The summed E-state index contributed by atoms with van der Waals surface area (Å²) in [6.07, 6.45) is 2.49. The lowest BCUT2D eigenvalue weighted by Gasteiger charge is -2.32. The number of hydrogen-bond acceptors (Lipinski definition) is 5. The standard InChI is InChI=1S/C12H21N3O2/c1-8(2)11-6-10(4-5-16-11)13-7-12-14-9(3)17-15-12/h8,10-11,13H,4-7H2,1-3H3. The Morgan fingerprint density at radius 2 is 2.29 bits per heavy atom. The van der Waals surface area contributed by atoms with Gasteiger partial charge < -0.3 is 14.6 Å². The number of hydrogen-bond donors (Lipinski definition) is 1. The molecule has 1 aliphatic heterocycles. The van der Waals surface area contributed by atoms with Gasteiger partial charge in [0.05, 0.1) is 12.6 Å². The van der Waals surface area contributed by atoms with Crippen molar-refractivity contribution >= 4 is 0 Å². The molecule has 17 heavy (non-hydrogen) atoms. The van der Waals surface area contributed by atoms with E-state index in [2.05, 4.69) is 29.3 Å². The van der Waals surface area contributed by atoms with Crippen LogP contribution in [0, 0.1) is 12.8 Å². The summed E-state index contributed by atoms with van der Waals surface area (Å²) in [4.78, 5) is 4.18. The van der Waals surface area contributed by atoms with Gasteiger partial charge >= 0.3 is 0 Å². The van der Waals surface area contributed by atoms with Crippen molar-refractivity contribution in [2.75, 3.05) is 6.61 Å². The highest BCUT2D eigenvalue weighted by Crippen LogP contribution is 2.20. The topological polar surface area (TPSA) is 60.2 Å². The molecule has 1 aromatic rings. The second-order valence-electron chi connectivity index (χ2n) is 4.99. The van der Waals surface area contributed by atoms with Crippen LogP contribution in [0.5, 0.6) is 0 Å². The first-order valence-electron chi connectivity index (χ1n) is 6.29. The van der Waals surface area contributed by atoms with Crippen molar-refractivity contribution in [2.45, 2.75) is 52.3 Å². The maximum Gasteiger partial charge on any atom is 0.223 e. The third kappa shape index (κ3) is 3.51. The third-order valence-corrected chi connectivity index (χ3v) is 3.18. The van der Waals surface area contributed by atoms with Gasteiger partial charge in [0, 0.05) is 19.6 Å². The molecule has 5 heteroatoms. The lowest BCUT2D eigenvalue weighted by molar-refractivity contribution is -0.0246. The monoisotopic (exact) mass is 239 g/mol. The Morgan fingerprint density at radius 1 is 1.47 bits per heavy atom. The quantitative estimate of drug-likeness (QED) is 0.866. The van der Waals surface area contributed by atoms with Gasteiger partial charge in [-0.15, -0.1) is 0 Å². The number of nitrogens with zero attached hydrogens (tertiary/aromatic N) is 2. The smallest absolute Gasteiger partial charge is 0.223 e. The molecule has 1 aromatic heterocycles. The molecular formula is C12H21N3O2. The number of aromatic nitrogens is 2. The van der Waals surface area contributed by atoms with Crippen LogP contribution < -0.4 is 5.32 Å². The van der Waals surface area contributed by atoms with Gasteiger partial charge in [0.1, 0.15) is 0 Å². The molecule has 0 amide bonds. The Balaban J connectivity index is 1.79. The highest BCUT2D eigenvalue weighted by Gasteiger charge is 2.24. The first-order chi connectivity index (χ1) is 8.15. The third-order valence-electron chi connectivity index (χ3n) is 3.18. The Bertz CT molecular complexity index is 351. The van der Waals surface area contributed by atoms with Crippen LogP contribution >= 0.6 is 0 Å². The number of nitrogens with one attached hydrogen (secondary N) is 1. The van der Waals surface area contributed by atoms with Crippen LogP contribution in [0.25, 0.3) is 0 Å². The molecule has 5 nitrogen and oxygen atoms in total. The summed E-state index contributed by atoms with van der Waals surface area (Å²) in [7, 11) is 0. The molecule has 2 unspecified atom stereocenters. The molecule has 0 radical (unpaired) electrons. The molecule has 0 aromatic carbocycles. The summed E-state index contributed by atoms with van der Waals surface area (Å²) in [6.45, 7) is 7.73. The number of aryl methyl sites for hydroxylation is 1. The maximum atomic E-state index is 5.74. The summed E-state index contributed by atoms with van der Waals surface area (Å²) in [5.74, 6) is 1.93. The summed E-state index contributed by atoms with van der Waals surface area (Å²) in [6, 6.07) is 0.495. The van der Waals surface area contributed by atoms with Crippen molar-refractivity contribution < 1.29 is 9.26 Å². The van der Waals surface area contributed by atoms with Gasteiger partial charge in [0.15, 0.2) is 5.82 Å². The summed E-state index contributed by atoms with van der Waals surface area (Å²) >= 11 is 0. The Hall–Kier alpha value is -0.940. The van der Waals surface area contributed by atoms with Crippen molar-refractivity contribution in [2.24, 2.45) is 5.92 Å². The van der Waals surface area contributed by atoms with E-state index in [-0.39, 0.29) is 0 Å². The van der Waals surface area contributed by atoms with Crippen molar-refractivity contribution in [3.63, 3.8) is 0 Å². The van der Waals surface area contributed by atoms with Crippen LogP contribution in [0.15, 0.2) is 4.52 Å². The molecule has 1 aliphatic rings. The van der Waals surface area contributed by atoms with Crippen molar-refractivity contribution in [1.29, 1.82) is 0 Å². The summed E-state index contributed by atoms with van der Waals surface area (Å²) in [5, 5.41) is 7.35. The fraction of sp³-hybridized carbons (Fsp3) is 0.833. The lowest BCUT2D eigenvalue weighted by Crippen LogP contribution is -2.40. The van der Waals surface area contributed by atoms with E-state index in [0.717, 1.165) is 25.3 Å². The van der Waals surface area contributed by atoms with Crippen LogP contribution in [0.1, 0.15) is 38.4 Å². The molecule has 2 atom stereocenters. The van der Waals surface area contributed by atoms with E-state index in [0.29, 0.717) is 30.5 Å². The van der Waals surface area contributed by atoms with Gasteiger partial charge in [-0.2, -0.15) is 4.98 Å². The largest absolute Gasteiger partial charge is 0.378 e. The molecule has 1 N–H and O–H groups in total. The van der Waals surface area contributed by atoms with Gasteiger partial charge in [0.2, 0.25) is 5.89 Å². The second-order valence-corrected chi connectivity index (χ2v) is 4.99. The summed E-state index contributed by atoms with van der Waals surface area (Å²) < 4.78 is 10.7. The maximum absolute atomic E-state index is 5.74. The molecule has 2 heterocycles. The van der Waals surface area contributed by atoms with Crippen LogP contribution in [-0.2, 0) is 11.3 Å². The van der Waals surface area contributed by atoms with Gasteiger partial charge in [-0.1, -0.05) is 19.0 Å². The normalized spacial score (nSPS) is 25.4. The molecule has 0 aliphatic carbocycles. The minimum absolute atomic E-state index is 0.369. The molecular weight excluding hydrogens is 218 g/mol. The Morgan fingerprint density at radius 3 is 2.94 bits per heavy atom. The minimum Gasteiger partial charge on any atom is -0.378 e. The van der Waals surface area contributed by atoms with Crippen molar-refractivity contribution in [3.8, 4) is 0 Å². The van der Waals surface area contributed by atoms with E-state index >= 15 is 0 Å². The zero-order chi connectivity index (χ0) is 12.3. The van der Waals surface area contributed by atoms with E-state index < -0.39 is 0 Å². The molecule has 0 saturated carbocycles. The zero-order valence-corrected chi connectivity index (χ0v) is 10.8. The van der Waals surface area contributed by atoms with E-state index in [4.69, 9.17) is 9.26 Å². The summed E-state index contributed by atoms with van der Waals surface area (Å²) in [5.41, 5.74) is 0. The lowest BCUT2D eigenvalue weighted by atomic mass is 9.95. The minimum atomic E-state index is 0.369. The molecule has 0 bridgehead atoms.